The van der Waals surface area contributed by atoms with Gasteiger partial charge in [-0.05, 0) is 24.8 Å². The zero-order valence-corrected chi connectivity index (χ0v) is 11.1. The van der Waals surface area contributed by atoms with Crippen LogP contribution in [0.1, 0.15) is 31.9 Å². The SMILES string of the molecule is CCCSCC(NCC)c1ccc(F)cc1F. The van der Waals surface area contributed by atoms with Gasteiger partial charge in [-0.15, -0.1) is 0 Å². The zero-order valence-electron chi connectivity index (χ0n) is 10.3. The third-order valence-electron chi connectivity index (χ3n) is 2.42. The Balaban J connectivity index is 2.74. The molecule has 0 aliphatic rings. The normalized spacial score (nSPS) is 12.7. The molecule has 0 aromatic heterocycles. The molecule has 0 fully saturated rings. The number of nitrogens with one attached hydrogen (secondary N) is 1. The molecule has 1 aromatic carbocycles. The molecule has 1 N–H and O–H groups in total. The summed E-state index contributed by atoms with van der Waals surface area (Å²) in [5, 5.41) is 3.23. The number of hydrogen-bond donors (Lipinski definition) is 1. The van der Waals surface area contributed by atoms with Crippen LogP contribution in [-0.2, 0) is 0 Å². The topological polar surface area (TPSA) is 12.0 Å². The van der Waals surface area contributed by atoms with Crippen molar-refractivity contribution in [2.45, 2.75) is 26.3 Å². The number of rotatable bonds is 7. The smallest absolute Gasteiger partial charge is 0.130 e. The van der Waals surface area contributed by atoms with Gasteiger partial charge in [0.15, 0.2) is 0 Å². The van der Waals surface area contributed by atoms with E-state index in [1.54, 1.807) is 11.8 Å². The van der Waals surface area contributed by atoms with E-state index in [1.807, 2.05) is 6.92 Å². The van der Waals surface area contributed by atoms with Crippen LogP contribution in [0.2, 0.25) is 0 Å². The second-order valence-corrected chi connectivity index (χ2v) is 5.00. The highest BCUT2D eigenvalue weighted by molar-refractivity contribution is 7.99. The largest absolute Gasteiger partial charge is 0.309 e. The van der Waals surface area contributed by atoms with Crippen molar-refractivity contribution in [2.24, 2.45) is 0 Å². The first-order valence-electron chi connectivity index (χ1n) is 5.95. The van der Waals surface area contributed by atoms with Crippen molar-refractivity contribution >= 4 is 11.8 Å². The number of hydrogen-bond acceptors (Lipinski definition) is 2. The molecule has 1 aromatic rings. The maximum Gasteiger partial charge on any atom is 0.130 e. The average Bonchev–Trinajstić information content (AvgIpc) is 2.28. The molecule has 0 saturated carbocycles. The molecule has 96 valence electrons. The van der Waals surface area contributed by atoms with Crippen molar-refractivity contribution in [3.63, 3.8) is 0 Å². The van der Waals surface area contributed by atoms with Gasteiger partial charge in [0.25, 0.3) is 0 Å². The summed E-state index contributed by atoms with van der Waals surface area (Å²) in [6.07, 6.45) is 1.11. The molecule has 0 spiro atoms. The second kappa shape index (κ2) is 7.67. The summed E-state index contributed by atoms with van der Waals surface area (Å²) in [5.41, 5.74) is 0.553. The number of thioether (sulfide) groups is 1. The van der Waals surface area contributed by atoms with Gasteiger partial charge in [-0.2, -0.15) is 11.8 Å². The Morgan fingerprint density at radius 2 is 2.06 bits per heavy atom. The van der Waals surface area contributed by atoms with Crippen LogP contribution in [0, 0.1) is 11.6 Å². The summed E-state index contributed by atoms with van der Waals surface area (Å²) in [6.45, 7) is 4.88. The Morgan fingerprint density at radius 1 is 1.29 bits per heavy atom. The summed E-state index contributed by atoms with van der Waals surface area (Å²) in [4.78, 5) is 0. The maximum absolute atomic E-state index is 13.6. The van der Waals surface area contributed by atoms with Crippen molar-refractivity contribution in [3.05, 3.63) is 35.4 Å². The summed E-state index contributed by atoms with van der Waals surface area (Å²) < 4.78 is 26.5. The van der Waals surface area contributed by atoms with E-state index in [0.29, 0.717) is 5.56 Å². The van der Waals surface area contributed by atoms with Crippen molar-refractivity contribution in [1.82, 2.24) is 5.32 Å². The van der Waals surface area contributed by atoms with Crippen LogP contribution >= 0.6 is 11.8 Å². The van der Waals surface area contributed by atoms with E-state index >= 15 is 0 Å². The Kier molecular flexibility index (Phi) is 6.52. The van der Waals surface area contributed by atoms with Crippen molar-refractivity contribution in [3.8, 4) is 0 Å². The monoisotopic (exact) mass is 259 g/mol. The molecule has 0 radical (unpaired) electrons. The maximum atomic E-state index is 13.6. The van der Waals surface area contributed by atoms with Crippen LogP contribution in [0.15, 0.2) is 18.2 Å². The molecule has 0 aliphatic carbocycles. The van der Waals surface area contributed by atoms with Crippen LogP contribution in [0.25, 0.3) is 0 Å². The third-order valence-corrected chi connectivity index (χ3v) is 3.69. The van der Waals surface area contributed by atoms with Gasteiger partial charge >= 0.3 is 0 Å². The molecule has 1 nitrogen and oxygen atoms in total. The lowest BCUT2D eigenvalue weighted by molar-refractivity contribution is 0.531. The van der Waals surface area contributed by atoms with Gasteiger partial charge in [0.2, 0.25) is 0 Å². The van der Waals surface area contributed by atoms with Crippen molar-refractivity contribution in [2.75, 3.05) is 18.1 Å². The first kappa shape index (κ1) is 14.5. The van der Waals surface area contributed by atoms with Crippen LogP contribution < -0.4 is 5.32 Å². The number of benzene rings is 1. The first-order valence-corrected chi connectivity index (χ1v) is 7.10. The van der Waals surface area contributed by atoms with Gasteiger partial charge in [-0.25, -0.2) is 8.78 Å². The fraction of sp³-hybridized carbons (Fsp3) is 0.538. The van der Waals surface area contributed by atoms with E-state index in [4.69, 9.17) is 0 Å². The van der Waals surface area contributed by atoms with Crippen molar-refractivity contribution < 1.29 is 8.78 Å². The lowest BCUT2D eigenvalue weighted by Crippen LogP contribution is -2.24. The summed E-state index contributed by atoms with van der Waals surface area (Å²) in [5.74, 6) is 0.880. The Bertz CT molecular complexity index is 344. The molecule has 1 unspecified atom stereocenters. The van der Waals surface area contributed by atoms with Crippen LogP contribution in [0.4, 0.5) is 8.78 Å². The summed E-state index contributed by atoms with van der Waals surface area (Å²) >= 11 is 1.79. The minimum absolute atomic E-state index is 0.0443. The molecule has 1 atom stereocenters. The molecule has 17 heavy (non-hydrogen) atoms. The highest BCUT2D eigenvalue weighted by Gasteiger charge is 2.15. The Morgan fingerprint density at radius 3 is 2.65 bits per heavy atom. The van der Waals surface area contributed by atoms with Crippen LogP contribution in [0.3, 0.4) is 0 Å². The average molecular weight is 259 g/mol. The second-order valence-electron chi connectivity index (χ2n) is 3.85. The molecule has 0 aliphatic heterocycles. The molecule has 1 rings (SSSR count). The quantitative estimate of drug-likeness (QED) is 0.748. The van der Waals surface area contributed by atoms with Gasteiger partial charge in [-0.1, -0.05) is 19.9 Å². The lowest BCUT2D eigenvalue weighted by Gasteiger charge is -2.18. The standard InChI is InChI=1S/C13H19F2NS/c1-3-7-17-9-13(16-4-2)11-6-5-10(14)8-12(11)15/h5-6,8,13,16H,3-4,7,9H2,1-2H3. The highest BCUT2D eigenvalue weighted by atomic mass is 32.2. The molecule has 0 saturated heterocycles. The van der Waals surface area contributed by atoms with E-state index in [2.05, 4.69) is 12.2 Å². The fourth-order valence-corrected chi connectivity index (χ4v) is 2.62. The Hall–Kier alpha value is -0.610. The molecule has 0 bridgehead atoms. The fourth-order valence-electron chi connectivity index (χ4n) is 1.63. The number of halogens is 2. The predicted molar refractivity (Wildman–Crippen MR) is 70.4 cm³/mol. The van der Waals surface area contributed by atoms with E-state index in [9.17, 15) is 8.78 Å². The lowest BCUT2D eigenvalue weighted by atomic mass is 10.1. The van der Waals surface area contributed by atoms with Gasteiger partial charge in [0, 0.05) is 23.4 Å². The predicted octanol–water partition coefficient (Wildman–Crippen LogP) is 3.76. The molecular weight excluding hydrogens is 240 g/mol. The van der Waals surface area contributed by atoms with Crippen molar-refractivity contribution in [1.29, 1.82) is 0 Å². The highest BCUT2D eigenvalue weighted by Crippen LogP contribution is 2.22. The van der Waals surface area contributed by atoms with E-state index in [1.165, 1.54) is 12.1 Å². The molecule has 0 heterocycles. The van der Waals surface area contributed by atoms with Gasteiger partial charge in [0.05, 0.1) is 0 Å². The van der Waals surface area contributed by atoms with Gasteiger partial charge < -0.3 is 5.32 Å². The van der Waals surface area contributed by atoms with Gasteiger partial charge in [0.1, 0.15) is 11.6 Å². The molecule has 0 amide bonds. The summed E-state index contributed by atoms with van der Waals surface area (Å²) in [7, 11) is 0. The zero-order chi connectivity index (χ0) is 12.7. The Labute approximate surface area is 106 Å². The first-order chi connectivity index (χ1) is 8.19. The van der Waals surface area contributed by atoms with Crippen LogP contribution in [0.5, 0.6) is 0 Å². The molecular formula is C13H19F2NS. The van der Waals surface area contributed by atoms with E-state index in [-0.39, 0.29) is 6.04 Å². The van der Waals surface area contributed by atoms with Crippen LogP contribution in [-0.4, -0.2) is 18.1 Å². The molecule has 4 heteroatoms. The summed E-state index contributed by atoms with van der Waals surface area (Å²) in [6, 6.07) is 3.75. The third kappa shape index (κ3) is 4.64. The van der Waals surface area contributed by atoms with E-state index in [0.717, 1.165) is 30.5 Å². The minimum atomic E-state index is -0.525. The van der Waals surface area contributed by atoms with E-state index < -0.39 is 11.6 Å². The minimum Gasteiger partial charge on any atom is -0.309 e. The van der Waals surface area contributed by atoms with Gasteiger partial charge in [-0.3, -0.25) is 0 Å².